The first-order valence-electron chi connectivity index (χ1n) is 14.2. The highest BCUT2D eigenvalue weighted by atomic mass is 16.5. The maximum Gasteiger partial charge on any atom is 0.326 e. The van der Waals surface area contributed by atoms with Crippen LogP contribution in [0.1, 0.15) is 41.3 Å². The molecule has 4 aromatic rings. The van der Waals surface area contributed by atoms with Crippen molar-refractivity contribution in [1.29, 1.82) is 0 Å². The molecule has 0 radical (unpaired) electrons. The number of ether oxygens (including phenoxy) is 2. The molecule has 1 amide bonds. The molecule has 2 N–H and O–H groups in total. The molecule has 0 aliphatic heterocycles. The number of carbonyl (C=O) groups is 3. The number of methoxy groups -OCH3 is 1. The van der Waals surface area contributed by atoms with E-state index in [4.69, 9.17) is 9.47 Å². The van der Waals surface area contributed by atoms with E-state index in [1.807, 2.05) is 49.4 Å². The molecule has 8 nitrogen and oxygen atoms in total. The van der Waals surface area contributed by atoms with Crippen molar-refractivity contribution in [3.8, 4) is 11.5 Å². The molecule has 4 rings (SSSR count). The Hall–Kier alpha value is -5.11. The zero-order valence-electron chi connectivity index (χ0n) is 24.4. The summed E-state index contributed by atoms with van der Waals surface area (Å²) in [4.78, 5) is 39.5. The number of carboxylic acid groups (broad SMARTS) is 1. The summed E-state index contributed by atoms with van der Waals surface area (Å²) in [6, 6.07) is 29.6. The summed E-state index contributed by atoms with van der Waals surface area (Å²) < 4.78 is 11.2. The second-order valence-electron chi connectivity index (χ2n) is 9.93. The predicted molar refractivity (Wildman–Crippen MR) is 167 cm³/mol. The molecule has 0 fully saturated rings. The summed E-state index contributed by atoms with van der Waals surface area (Å²) in [7, 11) is 1.59. The lowest BCUT2D eigenvalue weighted by Crippen LogP contribution is -2.32. The van der Waals surface area contributed by atoms with Crippen molar-refractivity contribution in [2.24, 2.45) is 0 Å². The molecule has 0 aliphatic carbocycles. The first-order valence-corrected chi connectivity index (χ1v) is 14.2. The molecule has 0 unspecified atom stereocenters. The number of hydrogen-bond acceptors (Lipinski definition) is 6. The van der Waals surface area contributed by atoms with Gasteiger partial charge in [0.1, 0.15) is 17.5 Å². The number of hydrogen-bond donors (Lipinski definition) is 2. The van der Waals surface area contributed by atoms with Crippen molar-refractivity contribution in [3.05, 3.63) is 120 Å². The molecular weight excluding hydrogens is 544 g/mol. The fraction of sp³-hybridized carbons (Fsp3) is 0.229. The topological polar surface area (TPSA) is 105 Å². The molecular formula is C35H36N2O6. The van der Waals surface area contributed by atoms with Crippen LogP contribution < -0.4 is 19.7 Å². The molecule has 0 saturated carbocycles. The summed E-state index contributed by atoms with van der Waals surface area (Å²) >= 11 is 0. The summed E-state index contributed by atoms with van der Waals surface area (Å²) in [5.74, 6) is 0.154. The average Bonchev–Trinajstić information content (AvgIpc) is 3.05. The number of amides is 1. The third-order valence-corrected chi connectivity index (χ3v) is 6.96. The van der Waals surface area contributed by atoms with Gasteiger partial charge in [0, 0.05) is 48.0 Å². The Balaban J connectivity index is 1.34. The summed E-state index contributed by atoms with van der Waals surface area (Å²) in [5, 5.41) is 13.0. The van der Waals surface area contributed by atoms with Crippen molar-refractivity contribution in [2.45, 2.75) is 32.2 Å². The SMILES string of the molecule is CCC(=O)N(CCCOc1ccc(C[C@H](Nc2ccccc2C(=O)c2ccccc2)C(=O)O)cc1)c1cccc(OC)c1. The third kappa shape index (κ3) is 8.45. The molecule has 222 valence electrons. The monoisotopic (exact) mass is 580 g/mol. The van der Waals surface area contributed by atoms with Crippen LogP contribution >= 0.6 is 0 Å². The Morgan fingerprint density at radius 2 is 1.58 bits per heavy atom. The quantitative estimate of drug-likeness (QED) is 0.127. The number of aliphatic carboxylic acids is 1. The second kappa shape index (κ2) is 15.2. The van der Waals surface area contributed by atoms with Gasteiger partial charge in [0.05, 0.1) is 13.7 Å². The van der Waals surface area contributed by atoms with Crippen molar-refractivity contribution >= 4 is 29.0 Å². The van der Waals surface area contributed by atoms with Crippen LogP contribution in [0.4, 0.5) is 11.4 Å². The predicted octanol–water partition coefficient (Wildman–Crippen LogP) is 6.25. The van der Waals surface area contributed by atoms with Gasteiger partial charge >= 0.3 is 5.97 Å². The maximum atomic E-state index is 13.1. The molecule has 1 atom stereocenters. The van der Waals surface area contributed by atoms with Crippen LogP contribution in [0.15, 0.2) is 103 Å². The van der Waals surface area contributed by atoms with Gasteiger partial charge < -0.3 is 24.8 Å². The van der Waals surface area contributed by atoms with E-state index in [1.54, 1.807) is 72.7 Å². The van der Waals surface area contributed by atoms with Crippen LogP contribution in [0, 0.1) is 0 Å². The molecule has 0 bridgehead atoms. The fourth-order valence-corrected chi connectivity index (χ4v) is 4.68. The van der Waals surface area contributed by atoms with Gasteiger partial charge in [0.15, 0.2) is 5.78 Å². The Morgan fingerprint density at radius 1 is 0.860 bits per heavy atom. The molecule has 8 heteroatoms. The van der Waals surface area contributed by atoms with Gasteiger partial charge in [-0.05, 0) is 48.4 Å². The molecule has 0 aliphatic rings. The normalized spacial score (nSPS) is 11.3. The Morgan fingerprint density at radius 3 is 2.28 bits per heavy atom. The molecule has 0 spiro atoms. The minimum Gasteiger partial charge on any atom is -0.497 e. The number of carboxylic acids is 1. The van der Waals surface area contributed by atoms with Gasteiger partial charge in [0.25, 0.3) is 0 Å². The standard InChI is InChI=1S/C35H36N2O6/c1-3-33(38)37(27-13-9-14-29(24-27)42-2)21-10-22-43-28-19-17-25(18-20-28)23-32(35(40)41)36-31-16-8-7-15-30(31)34(39)26-11-5-4-6-12-26/h4-9,11-20,24,32,36H,3,10,21-23H2,1-2H3,(H,40,41)/t32-/m0/s1. The van der Waals surface area contributed by atoms with Crippen LogP contribution in [0.5, 0.6) is 11.5 Å². The van der Waals surface area contributed by atoms with Crippen LogP contribution in [0.25, 0.3) is 0 Å². The number of rotatable bonds is 15. The zero-order chi connectivity index (χ0) is 30.6. The smallest absolute Gasteiger partial charge is 0.326 e. The summed E-state index contributed by atoms with van der Waals surface area (Å²) in [6.45, 7) is 2.74. The first kappa shape index (κ1) is 30.8. The van der Waals surface area contributed by atoms with E-state index in [2.05, 4.69) is 5.32 Å². The van der Waals surface area contributed by atoms with Crippen molar-refractivity contribution in [3.63, 3.8) is 0 Å². The van der Waals surface area contributed by atoms with Gasteiger partial charge in [-0.25, -0.2) is 4.79 Å². The number of anilines is 2. The van der Waals surface area contributed by atoms with Gasteiger partial charge in [-0.2, -0.15) is 0 Å². The minimum absolute atomic E-state index is 0.0197. The van der Waals surface area contributed by atoms with Crippen LogP contribution in [-0.2, 0) is 16.0 Å². The van der Waals surface area contributed by atoms with Crippen LogP contribution in [-0.4, -0.2) is 49.1 Å². The Labute approximate surface area is 251 Å². The maximum absolute atomic E-state index is 13.1. The van der Waals surface area contributed by atoms with Crippen molar-refractivity contribution in [2.75, 3.05) is 30.5 Å². The fourth-order valence-electron chi connectivity index (χ4n) is 4.68. The number of nitrogens with zero attached hydrogens (tertiary/aromatic N) is 1. The Bertz CT molecular complexity index is 1520. The highest BCUT2D eigenvalue weighted by Crippen LogP contribution is 2.24. The highest BCUT2D eigenvalue weighted by Gasteiger charge is 2.21. The van der Waals surface area contributed by atoms with E-state index in [0.717, 1.165) is 11.3 Å². The summed E-state index contributed by atoms with van der Waals surface area (Å²) in [6.07, 6.45) is 1.22. The van der Waals surface area contributed by atoms with Crippen molar-refractivity contribution < 1.29 is 29.0 Å². The largest absolute Gasteiger partial charge is 0.497 e. The third-order valence-electron chi connectivity index (χ3n) is 6.96. The van der Waals surface area contributed by atoms with Gasteiger partial charge in [0.2, 0.25) is 5.91 Å². The lowest BCUT2D eigenvalue weighted by molar-refractivity contribution is -0.137. The van der Waals surface area contributed by atoms with Crippen molar-refractivity contribution in [1.82, 2.24) is 0 Å². The average molecular weight is 581 g/mol. The van der Waals surface area contributed by atoms with Crippen LogP contribution in [0.3, 0.4) is 0 Å². The van der Waals surface area contributed by atoms with Gasteiger partial charge in [-0.1, -0.05) is 67.6 Å². The lowest BCUT2D eigenvalue weighted by Gasteiger charge is -2.23. The lowest BCUT2D eigenvalue weighted by atomic mass is 10.00. The van der Waals surface area contributed by atoms with E-state index < -0.39 is 12.0 Å². The van der Waals surface area contributed by atoms with Crippen LogP contribution in [0.2, 0.25) is 0 Å². The number of benzene rings is 4. The highest BCUT2D eigenvalue weighted by molar-refractivity contribution is 6.12. The first-order chi connectivity index (χ1) is 20.9. The molecule has 43 heavy (non-hydrogen) atoms. The van der Waals surface area contributed by atoms with E-state index in [9.17, 15) is 19.5 Å². The number of para-hydroxylation sites is 1. The second-order valence-corrected chi connectivity index (χ2v) is 9.93. The number of nitrogens with one attached hydrogen (secondary N) is 1. The molecule has 4 aromatic carbocycles. The van der Waals surface area contributed by atoms with E-state index >= 15 is 0 Å². The van der Waals surface area contributed by atoms with E-state index in [0.29, 0.717) is 54.3 Å². The summed E-state index contributed by atoms with van der Waals surface area (Å²) in [5.41, 5.74) is 2.99. The number of ketones is 1. The van der Waals surface area contributed by atoms with Gasteiger partial charge in [-0.15, -0.1) is 0 Å². The molecule has 0 saturated heterocycles. The number of carbonyl (C=O) groups excluding carboxylic acids is 2. The Kier molecular flexibility index (Phi) is 10.9. The molecule has 0 heterocycles. The minimum atomic E-state index is -1.02. The van der Waals surface area contributed by atoms with E-state index in [1.165, 1.54) is 0 Å². The van der Waals surface area contributed by atoms with Gasteiger partial charge in [-0.3, -0.25) is 9.59 Å². The molecule has 0 aromatic heterocycles. The van der Waals surface area contributed by atoms with E-state index in [-0.39, 0.29) is 18.1 Å². The zero-order valence-corrected chi connectivity index (χ0v) is 24.4.